The highest BCUT2D eigenvalue weighted by molar-refractivity contribution is 6.23. The molecule has 0 saturated carbocycles. The fourth-order valence-corrected chi connectivity index (χ4v) is 10.1. The van der Waals surface area contributed by atoms with Crippen LogP contribution >= 0.6 is 0 Å². The Balaban J connectivity index is 1.05. The summed E-state index contributed by atoms with van der Waals surface area (Å²) in [6, 6.07) is 70.9. The monoisotopic (exact) mass is 803 g/mol. The molecule has 0 atom stereocenters. The van der Waals surface area contributed by atoms with Gasteiger partial charge in [-0.1, -0.05) is 152 Å². The van der Waals surface area contributed by atoms with Gasteiger partial charge in [0.1, 0.15) is 11.2 Å². The van der Waals surface area contributed by atoms with Gasteiger partial charge in [-0.3, -0.25) is 4.57 Å². The average Bonchev–Trinajstić information content (AvgIpc) is 4.00. The summed E-state index contributed by atoms with van der Waals surface area (Å²) >= 11 is 0. The highest BCUT2D eigenvalue weighted by atomic mass is 16.3. The number of furan rings is 1. The molecule has 0 amide bonds. The van der Waals surface area contributed by atoms with Crippen molar-refractivity contribution in [1.82, 2.24) is 24.1 Å². The van der Waals surface area contributed by atoms with Gasteiger partial charge in [0.2, 0.25) is 5.95 Å². The normalized spacial score (nSPS) is 12.1. The van der Waals surface area contributed by atoms with Crippen molar-refractivity contribution in [2.45, 2.75) is 0 Å². The second-order valence-corrected chi connectivity index (χ2v) is 16.4. The largest absolute Gasteiger partial charge is 0.455 e. The third kappa shape index (κ3) is 4.97. The van der Waals surface area contributed by atoms with Gasteiger partial charge in [0.15, 0.2) is 11.6 Å². The summed E-state index contributed by atoms with van der Waals surface area (Å²) in [5.74, 6) is 1.66. The van der Waals surface area contributed by atoms with Gasteiger partial charge in [0.25, 0.3) is 0 Å². The van der Waals surface area contributed by atoms with E-state index in [1.165, 1.54) is 21.5 Å². The SMILES string of the molecule is c1ccc2cc(-c3nc(-c4cccc5c4oc4cc(-n6c7ccccc7c7cc8ccccc8cc76)c6ccccc6c45)nc(-n4c5ccccc5c5ccccc54)n3)ccc2c1. The number of benzene rings is 10. The Labute approximate surface area is 359 Å². The molecular formula is C57H33N5O. The first-order valence-corrected chi connectivity index (χ1v) is 21.3. The Hall–Kier alpha value is -8.61. The molecule has 0 bridgehead atoms. The van der Waals surface area contributed by atoms with Crippen LogP contribution in [-0.4, -0.2) is 24.1 Å². The molecule has 63 heavy (non-hydrogen) atoms. The molecule has 0 radical (unpaired) electrons. The lowest BCUT2D eigenvalue weighted by Gasteiger charge is -2.13. The molecule has 0 aliphatic carbocycles. The van der Waals surface area contributed by atoms with E-state index >= 15 is 0 Å². The van der Waals surface area contributed by atoms with E-state index < -0.39 is 0 Å². The van der Waals surface area contributed by atoms with Crippen molar-refractivity contribution >= 4 is 97.9 Å². The quantitative estimate of drug-likeness (QED) is 0.178. The summed E-state index contributed by atoms with van der Waals surface area (Å²) in [5, 5.41) is 13.7. The summed E-state index contributed by atoms with van der Waals surface area (Å²) in [5.41, 5.74) is 8.64. The summed E-state index contributed by atoms with van der Waals surface area (Å²) < 4.78 is 11.7. The summed E-state index contributed by atoms with van der Waals surface area (Å²) in [4.78, 5) is 15.9. The van der Waals surface area contributed by atoms with E-state index in [4.69, 9.17) is 19.4 Å². The lowest BCUT2D eigenvalue weighted by atomic mass is 10.0. The first kappa shape index (κ1) is 34.1. The number of fused-ring (bicyclic) bond motifs is 13. The number of rotatable bonds is 4. The summed E-state index contributed by atoms with van der Waals surface area (Å²) in [6.45, 7) is 0. The Morgan fingerprint density at radius 2 is 0.905 bits per heavy atom. The van der Waals surface area contributed by atoms with Crippen molar-refractivity contribution in [3.8, 4) is 34.4 Å². The van der Waals surface area contributed by atoms with Gasteiger partial charge >= 0.3 is 0 Å². The maximum absolute atomic E-state index is 7.13. The van der Waals surface area contributed by atoms with E-state index in [0.29, 0.717) is 17.6 Å². The van der Waals surface area contributed by atoms with E-state index in [2.05, 4.69) is 209 Å². The number of aromatic nitrogens is 5. The number of para-hydroxylation sites is 4. The van der Waals surface area contributed by atoms with Crippen molar-refractivity contribution in [3.05, 3.63) is 200 Å². The molecule has 10 aromatic carbocycles. The summed E-state index contributed by atoms with van der Waals surface area (Å²) in [6.07, 6.45) is 0. The van der Waals surface area contributed by atoms with Crippen LogP contribution < -0.4 is 0 Å². The third-order valence-electron chi connectivity index (χ3n) is 12.9. The molecule has 0 spiro atoms. The van der Waals surface area contributed by atoms with E-state index in [0.717, 1.165) is 93.1 Å². The smallest absolute Gasteiger partial charge is 0.238 e. The Morgan fingerprint density at radius 3 is 1.63 bits per heavy atom. The van der Waals surface area contributed by atoms with Crippen LogP contribution in [-0.2, 0) is 0 Å². The standard InChI is InChI=1S/C57H33N5O/c1-2-15-35-30-38(29-28-34(35)14-1)55-58-56(60-57(59-55)62-48-26-11-7-18-39(48)40-19-8-12-27-49(40)62)45-24-13-23-44-53-43-22-6-5-20-41(43)51(33-52(53)63-54(44)45)61-47-25-10-9-21-42(47)46-31-36-16-3-4-17-37(36)32-50(46)61/h1-33H. The lowest BCUT2D eigenvalue weighted by Crippen LogP contribution is -2.06. The molecular weight excluding hydrogens is 771 g/mol. The van der Waals surface area contributed by atoms with Crippen molar-refractivity contribution in [1.29, 1.82) is 0 Å². The molecule has 0 saturated heterocycles. The third-order valence-corrected chi connectivity index (χ3v) is 12.9. The molecule has 6 heteroatoms. The van der Waals surface area contributed by atoms with Crippen LogP contribution in [0.3, 0.4) is 0 Å². The van der Waals surface area contributed by atoms with Gasteiger partial charge in [-0.05, 0) is 69.4 Å². The predicted octanol–water partition coefficient (Wildman–Crippen LogP) is 14.8. The van der Waals surface area contributed by atoms with Crippen molar-refractivity contribution < 1.29 is 4.42 Å². The van der Waals surface area contributed by atoms with Crippen molar-refractivity contribution in [2.75, 3.05) is 0 Å². The minimum Gasteiger partial charge on any atom is -0.455 e. The van der Waals surface area contributed by atoms with Crippen molar-refractivity contribution in [2.24, 2.45) is 0 Å². The molecule has 14 rings (SSSR count). The lowest BCUT2D eigenvalue weighted by molar-refractivity contribution is 0.669. The Bertz CT molecular complexity index is 4180. The van der Waals surface area contributed by atoms with Gasteiger partial charge in [-0.25, -0.2) is 4.98 Å². The molecule has 292 valence electrons. The topological polar surface area (TPSA) is 61.7 Å². The minimum absolute atomic E-state index is 0.536. The fraction of sp³-hybridized carbons (Fsp3) is 0. The average molecular weight is 804 g/mol. The van der Waals surface area contributed by atoms with Crippen LogP contribution in [0.15, 0.2) is 205 Å². The van der Waals surface area contributed by atoms with Crippen LogP contribution in [0, 0.1) is 0 Å². The van der Waals surface area contributed by atoms with E-state index in [-0.39, 0.29) is 0 Å². The molecule has 4 heterocycles. The second-order valence-electron chi connectivity index (χ2n) is 16.4. The van der Waals surface area contributed by atoms with Crippen LogP contribution in [0.4, 0.5) is 0 Å². The first-order valence-electron chi connectivity index (χ1n) is 21.3. The van der Waals surface area contributed by atoms with Crippen LogP contribution in [0.5, 0.6) is 0 Å². The zero-order valence-corrected chi connectivity index (χ0v) is 33.7. The van der Waals surface area contributed by atoms with Gasteiger partial charge in [-0.15, -0.1) is 0 Å². The number of hydrogen-bond acceptors (Lipinski definition) is 4. The molecule has 4 aromatic heterocycles. The van der Waals surface area contributed by atoms with E-state index in [1.54, 1.807) is 0 Å². The van der Waals surface area contributed by atoms with Crippen LogP contribution in [0.2, 0.25) is 0 Å². The van der Waals surface area contributed by atoms with Gasteiger partial charge in [0.05, 0.1) is 33.3 Å². The molecule has 6 nitrogen and oxygen atoms in total. The van der Waals surface area contributed by atoms with Gasteiger partial charge in [-0.2, -0.15) is 9.97 Å². The molecule has 0 aliphatic rings. The van der Waals surface area contributed by atoms with Gasteiger partial charge < -0.3 is 8.98 Å². The molecule has 0 aliphatic heterocycles. The minimum atomic E-state index is 0.536. The predicted molar refractivity (Wildman–Crippen MR) is 259 cm³/mol. The fourth-order valence-electron chi connectivity index (χ4n) is 10.1. The van der Waals surface area contributed by atoms with E-state index in [9.17, 15) is 0 Å². The van der Waals surface area contributed by atoms with Gasteiger partial charge in [0, 0.05) is 49.3 Å². The highest BCUT2D eigenvalue weighted by Crippen LogP contribution is 2.44. The maximum atomic E-state index is 7.13. The zero-order valence-electron chi connectivity index (χ0n) is 33.7. The highest BCUT2D eigenvalue weighted by Gasteiger charge is 2.23. The van der Waals surface area contributed by atoms with Crippen molar-refractivity contribution in [3.63, 3.8) is 0 Å². The summed E-state index contributed by atoms with van der Waals surface area (Å²) in [7, 11) is 0. The number of nitrogens with zero attached hydrogens (tertiary/aromatic N) is 5. The van der Waals surface area contributed by atoms with Crippen LogP contribution in [0.1, 0.15) is 0 Å². The zero-order chi connectivity index (χ0) is 41.2. The first-order chi connectivity index (χ1) is 31.2. The van der Waals surface area contributed by atoms with Crippen LogP contribution in [0.25, 0.3) is 132 Å². The number of hydrogen-bond donors (Lipinski definition) is 0. The Kier molecular flexibility index (Phi) is 7.02. The molecule has 0 N–H and O–H groups in total. The Morgan fingerprint density at radius 1 is 0.349 bits per heavy atom. The molecule has 14 aromatic rings. The molecule has 0 unspecified atom stereocenters. The maximum Gasteiger partial charge on any atom is 0.238 e. The molecule has 0 fully saturated rings. The second kappa shape index (κ2) is 12.9. The van der Waals surface area contributed by atoms with E-state index in [1.807, 2.05) is 0 Å².